The van der Waals surface area contributed by atoms with Gasteiger partial charge in [-0.15, -0.1) is 0 Å². The monoisotopic (exact) mass is 312 g/mol. The molecule has 3 rings (SSSR count). The summed E-state index contributed by atoms with van der Waals surface area (Å²) >= 11 is 0. The molecule has 4 heteroatoms. The smallest absolute Gasteiger partial charge is 0.253 e. The minimum Gasteiger partial charge on any atom is -0.393 e. The zero-order valence-electron chi connectivity index (χ0n) is 14.0. The van der Waals surface area contributed by atoms with Crippen LogP contribution in [0.3, 0.4) is 0 Å². The number of nitrogens with zero attached hydrogens (tertiary/aromatic N) is 1. The Morgan fingerprint density at radius 2 is 2.13 bits per heavy atom. The lowest BCUT2D eigenvalue weighted by Gasteiger charge is -2.37. The summed E-state index contributed by atoms with van der Waals surface area (Å²) in [6.07, 6.45) is 2.25. The van der Waals surface area contributed by atoms with Gasteiger partial charge in [-0.05, 0) is 50.7 Å². The molecule has 1 aromatic heterocycles. The summed E-state index contributed by atoms with van der Waals surface area (Å²) < 4.78 is 0. The number of aromatic nitrogens is 1. The minimum atomic E-state index is -0.196. The number of hydrogen-bond donors (Lipinski definition) is 2. The second-order valence-electron chi connectivity index (χ2n) is 6.64. The van der Waals surface area contributed by atoms with Crippen molar-refractivity contribution in [3.8, 4) is 0 Å². The van der Waals surface area contributed by atoms with Crippen LogP contribution in [0.1, 0.15) is 47.8 Å². The van der Waals surface area contributed by atoms with E-state index in [0.717, 1.165) is 41.4 Å². The number of carbonyl (C=O) groups is 1. The Morgan fingerprint density at radius 3 is 2.78 bits per heavy atom. The molecule has 0 radical (unpaired) electrons. The SMILES string of the molecule is CC[C@@H](NC(=O)c1cc2cccc(C)c2nc1C)C1CC(O)C1. The van der Waals surface area contributed by atoms with Crippen LogP contribution < -0.4 is 5.32 Å². The maximum Gasteiger partial charge on any atom is 0.253 e. The molecule has 0 bridgehead atoms. The standard InChI is InChI=1S/C19H24N2O2/c1-4-17(14-8-15(22)9-14)21-19(23)16-10-13-7-5-6-11(2)18(13)20-12(16)3/h5-7,10,14-15,17,22H,4,8-9H2,1-3H3,(H,21,23)/t14?,15?,17-/m1/s1. The van der Waals surface area contributed by atoms with Gasteiger partial charge in [-0.2, -0.15) is 0 Å². The molecule has 1 amide bonds. The first-order valence-corrected chi connectivity index (χ1v) is 8.35. The first kappa shape index (κ1) is 15.9. The zero-order valence-corrected chi connectivity index (χ0v) is 14.0. The number of rotatable bonds is 4. The highest BCUT2D eigenvalue weighted by Crippen LogP contribution is 2.31. The largest absolute Gasteiger partial charge is 0.393 e. The molecule has 4 nitrogen and oxygen atoms in total. The van der Waals surface area contributed by atoms with Gasteiger partial charge in [0.15, 0.2) is 0 Å². The van der Waals surface area contributed by atoms with E-state index in [4.69, 9.17) is 0 Å². The molecule has 23 heavy (non-hydrogen) atoms. The summed E-state index contributed by atoms with van der Waals surface area (Å²) in [5.74, 6) is 0.321. The third-order valence-corrected chi connectivity index (χ3v) is 4.96. The average molecular weight is 312 g/mol. The summed E-state index contributed by atoms with van der Waals surface area (Å²) in [7, 11) is 0. The second-order valence-corrected chi connectivity index (χ2v) is 6.64. The van der Waals surface area contributed by atoms with E-state index < -0.39 is 0 Å². The highest BCUT2D eigenvalue weighted by molar-refractivity contribution is 5.99. The molecule has 0 unspecified atom stereocenters. The number of carbonyl (C=O) groups excluding carboxylic acids is 1. The molecule has 1 heterocycles. The van der Waals surface area contributed by atoms with E-state index in [1.54, 1.807) is 0 Å². The van der Waals surface area contributed by atoms with Gasteiger partial charge in [0.2, 0.25) is 0 Å². The van der Waals surface area contributed by atoms with E-state index in [2.05, 4.69) is 17.2 Å². The van der Waals surface area contributed by atoms with Crippen molar-refractivity contribution in [2.45, 2.75) is 52.2 Å². The number of aliphatic hydroxyl groups excluding tert-OH is 1. The molecular formula is C19H24N2O2. The van der Waals surface area contributed by atoms with Crippen LogP contribution in [0.15, 0.2) is 24.3 Å². The Kier molecular flexibility index (Phi) is 4.35. The van der Waals surface area contributed by atoms with Crippen LogP contribution in [-0.4, -0.2) is 28.1 Å². The predicted octanol–water partition coefficient (Wildman–Crippen LogP) is 3.13. The van der Waals surface area contributed by atoms with Crippen LogP contribution in [0.2, 0.25) is 0 Å². The molecule has 1 saturated carbocycles. The topological polar surface area (TPSA) is 62.2 Å². The van der Waals surface area contributed by atoms with E-state index in [-0.39, 0.29) is 18.1 Å². The maximum absolute atomic E-state index is 12.7. The molecular weight excluding hydrogens is 288 g/mol. The fraction of sp³-hybridized carbons (Fsp3) is 0.474. The first-order chi connectivity index (χ1) is 11.0. The van der Waals surface area contributed by atoms with Gasteiger partial charge < -0.3 is 10.4 Å². The molecule has 1 aromatic carbocycles. The van der Waals surface area contributed by atoms with Crippen molar-refractivity contribution in [2.75, 3.05) is 0 Å². The molecule has 0 saturated heterocycles. The maximum atomic E-state index is 12.7. The van der Waals surface area contributed by atoms with Crippen molar-refractivity contribution in [3.63, 3.8) is 0 Å². The first-order valence-electron chi connectivity index (χ1n) is 8.35. The van der Waals surface area contributed by atoms with Gasteiger partial charge >= 0.3 is 0 Å². The molecule has 2 N–H and O–H groups in total. The third kappa shape index (κ3) is 3.08. The molecule has 1 aliphatic rings. The average Bonchev–Trinajstić information content (AvgIpc) is 2.50. The number of fused-ring (bicyclic) bond motifs is 1. The van der Waals surface area contributed by atoms with E-state index in [9.17, 15) is 9.90 Å². The summed E-state index contributed by atoms with van der Waals surface area (Å²) in [6, 6.07) is 8.07. The fourth-order valence-corrected chi connectivity index (χ4v) is 3.43. The van der Waals surface area contributed by atoms with E-state index in [1.807, 2.05) is 38.1 Å². The second kappa shape index (κ2) is 6.28. The van der Waals surface area contributed by atoms with Crippen LogP contribution in [0.4, 0.5) is 0 Å². The summed E-state index contributed by atoms with van der Waals surface area (Å²) in [5, 5.41) is 13.6. The molecule has 2 aromatic rings. The van der Waals surface area contributed by atoms with Crippen LogP contribution >= 0.6 is 0 Å². The lowest BCUT2D eigenvalue weighted by atomic mass is 9.76. The minimum absolute atomic E-state index is 0.0633. The van der Waals surface area contributed by atoms with Crippen molar-refractivity contribution in [2.24, 2.45) is 5.92 Å². The Bertz CT molecular complexity index is 735. The normalized spacial score (nSPS) is 21.7. The molecule has 122 valence electrons. The summed E-state index contributed by atoms with van der Waals surface area (Å²) in [6.45, 7) is 5.99. The predicted molar refractivity (Wildman–Crippen MR) is 91.5 cm³/mol. The summed E-state index contributed by atoms with van der Waals surface area (Å²) in [4.78, 5) is 17.3. The Balaban J connectivity index is 1.84. The third-order valence-electron chi connectivity index (χ3n) is 4.96. The lowest BCUT2D eigenvalue weighted by molar-refractivity contribution is 0.0232. The zero-order chi connectivity index (χ0) is 16.6. The van der Waals surface area contributed by atoms with Crippen molar-refractivity contribution >= 4 is 16.8 Å². The summed E-state index contributed by atoms with van der Waals surface area (Å²) in [5.41, 5.74) is 3.47. The molecule has 1 fully saturated rings. The molecule has 0 spiro atoms. The number of aryl methyl sites for hydroxylation is 2. The van der Waals surface area contributed by atoms with Crippen LogP contribution in [0, 0.1) is 19.8 Å². The van der Waals surface area contributed by atoms with Gasteiger partial charge in [-0.3, -0.25) is 9.78 Å². The number of nitrogens with one attached hydrogen (secondary N) is 1. The van der Waals surface area contributed by atoms with Gasteiger partial charge in [-0.25, -0.2) is 0 Å². The van der Waals surface area contributed by atoms with Crippen LogP contribution in [0.5, 0.6) is 0 Å². The Morgan fingerprint density at radius 1 is 1.39 bits per heavy atom. The lowest BCUT2D eigenvalue weighted by Crippen LogP contribution is -2.46. The van der Waals surface area contributed by atoms with Gasteiger partial charge in [0.05, 0.1) is 22.9 Å². The van der Waals surface area contributed by atoms with Crippen molar-refractivity contribution in [3.05, 3.63) is 41.1 Å². The van der Waals surface area contributed by atoms with E-state index in [1.165, 1.54) is 0 Å². The van der Waals surface area contributed by atoms with Crippen molar-refractivity contribution in [1.29, 1.82) is 0 Å². The number of pyridine rings is 1. The van der Waals surface area contributed by atoms with E-state index >= 15 is 0 Å². The van der Waals surface area contributed by atoms with Crippen molar-refractivity contribution in [1.82, 2.24) is 10.3 Å². The molecule has 1 aliphatic carbocycles. The molecule has 1 atom stereocenters. The van der Waals surface area contributed by atoms with Gasteiger partial charge in [0.25, 0.3) is 5.91 Å². The number of benzene rings is 1. The number of aliphatic hydroxyl groups is 1. The van der Waals surface area contributed by atoms with Crippen LogP contribution in [0.25, 0.3) is 10.9 Å². The fourth-order valence-electron chi connectivity index (χ4n) is 3.43. The number of amides is 1. The highest BCUT2D eigenvalue weighted by Gasteiger charge is 2.34. The molecule has 0 aliphatic heterocycles. The van der Waals surface area contributed by atoms with Gasteiger partial charge in [0, 0.05) is 11.4 Å². The van der Waals surface area contributed by atoms with Gasteiger partial charge in [0.1, 0.15) is 0 Å². The highest BCUT2D eigenvalue weighted by atomic mass is 16.3. The van der Waals surface area contributed by atoms with Crippen molar-refractivity contribution < 1.29 is 9.90 Å². The van der Waals surface area contributed by atoms with Crippen LogP contribution in [-0.2, 0) is 0 Å². The Hall–Kier alpha value is -1.94. The Labute approximate surface area is 136 Å². The van der Waals surface area contributed by atoms with E-state index in [0.29, 0.717) is 11.5 Å². The quantitative estimate of drug-likeness (QED) is 0.912. The number of para-hydroxylation sites is 1. The number of hydrogen-bond acceptors (Lipinski definition) is 3. The van der Waals surface area contributed by atoms with Gasteiger partial charge in [-0.1, -0.05) is 25.1 Å².